The minimum Gasteiger partial charge on any atom is -0.478 e. The van der Waals surface area contributed by atoms with Crippen LogP contribution in [0.15, 0.2) is 71.3 Å². The van der Waals surface area contributed by atoms with Gasteiger partial charge in [-0.1, -0.05) is 98.2 Å². The third-order valence-corrected chi connectivity index (χ3v) is 3.78. The second kappa shape index (κ2) is 25.1. The van der Waals surface area contributed by atoms with Crippen molar-refractivity contribution in [2.45, 2.75) is 40.5 Å². The van der Waals surface area contributed by atoms with Crippen LogP contribution in [0.1, 0.15) is 46.1 Å². The summed E-state index contributed by atoms with van der Waals surface area (Å²) in [7, 11) is 0. The molecular weight excluding hydrogens is 507 g/mol. The molecule has 1 aromatic carbocycles. The molecule has 4 N–H and O–H groups in total. The van der Waals surface area contributed by atoms with E-state index in [-0.39, 0.29) is 21.2 Å². The highest BCUT2D eigenvalue weighted by Crippen LogP contribution is 2.27. The van der Waals surface area contributed by atoms with Crippen LogP contribution in [0.4, 0.5) is 0 Å². The lowest BCUT2D eigenvalue weighted by Gasteiger charge is -1.96. The van der Waals surface area contributed by atoms with Crippen molar-refractivity contribution in [2.75, 3.05) is 6.61 Å². The van der Waals surface area contributed by atoms with E-state index in [1.165, 1.54) is 20.8 Å². The second-order valence-electron chi connectivity index (χ2n) is 6.27. The summed E-state index contributed by atoms with van der Waals surface area (Å²) in [5.41, 5.74) is 1.36. The summed E-state index contributed by atoms with van der Waals surface area (Å²) in [6.07, 6.45) is 2.04. The predicted molar refractivity (Wildman–Crippen MR) is 140 cm³/mol. The summed E-state index contributed by atoms with van der Waals surface area (Å²) in [5.74, 6) is -2.81. The van der Waals surface area contributed by atoms with Gasteiger partial charge in [-0.3, -0.25) is 0 Å². The van der Waals surface area contributed by atoms with Crippen molar-refractivity contribution in [1.82, 2.24) is 0 Å². The Hall–Kier alpha value is -2.58. The Kier molecular flexibility index (Phi) is 28.5. The first-order valence-corrected chi connectivity index (χ1v) is 10.7. The first kappa shape index (κ1) is 38.7. The van der Waals surface area contributed by atoms with Crippen LogP contribution in [0.2, 0.25) is 0 Å². The molecule has 0 bridgehead atoms. The third kappa shape index (κ3) is 31.6. The van der Waals surface area contributed by atoms with Crippen molar-refractivity contribution in [2.24, 2.45) is 0 Å². The SMILES string of the molecule is C=C(C)C(=O)O.C=C(C)C(=O)O.C=C(C)C(=O)O.CCCCO.ClC(Cl)=C(Cl)c1ccccc1. The largest absolute Gasteiger partial charge is 0.478 e. The van der Waals surface area contributed by atoms with Gasteiger partial charge in [0.25, 0.3) is 0 Å². The number of hydrogen-bond donors (Lipinski definition) is 4. The first-order valence-electron chi connectivity index (χ1n) is 9.59. The Morgan fingerprint density at radius 3 is 1.21 bits per heavy atom. The molecule has 0 radical (unpaired) electrons. The predicted octanol–water partition coefficient (Wildman–Crippen LogP) is 6.75. The van der Waals surface area contributed by atoms with Crippen LogP contribution in [0, 0.1) is 0 Å². The van der Waals surface area contributed by atoms with Crippen molar-refractivity contribution in [3.8, 4) is 0 Å². The zero-order valence-electron chi connectivity index (χ0n) is 19.8. The molecule has 0 spiro atoms. The molecule has 0 fully saturated rings. The van der Waals surface area contributed by atoms with Crippen LogP contribution in [0.5, 0.6) is 0 Å². The fourth-order valence-corrected chi connectivity index (χ4v) is 1.20. The molecule has 0 unspecified atom stereocenters. The van der Waals surface area contributed by atoms with Crippen molar-refractivity contribution in [3.63, 3.8) is 0 Å². The van der Waals surface area contributed by atoms with E-state index in [0.717, 1.165) is 18.4 Å². The second-order valence-corrected chi connectivity index (χ2v) is 7.60. The molecular formula is C24H33Cl3O7. The van der Waals surface area contributed by atoms with E-state index >= 15 is 0 Å². The minimum absolute atomic E-state index is 0.0952. The van der Waals surface area contributed by atoms with E-state index in [1.54, 1.807) is 0 Å². The molecule has 0 aliphatic heterocycles. The van der Waals surface area contributed by atoms with Gasteiger partial charge >= 0.3 is 17.9 Å². The maximum Gasteiger partial charge on any atom is 0.330 e. The number of halogens is 3. The van der Waals surface area contributed by atoms with E-state index in [1.807, 2.05) is 30.3 Å². The lowest BCUT2D eigenvalue weighted by atomic mass is 10.2. The normalized spacial score (nSPS) is 8.24. The molecule has 34 heavy (non-hydrogen) atoms. The Morgan fingerprint density at radius 2 is 1.06 bits per heavy atom. The van der Waals surface area contributed by atoms with Gasteiger partial charge in [0, 0.05) is 23.3 Å². The van der Waals surface area contributed by atoms with Crippen molar-refractivity contribution in [1.29, 1.82) is 0 Å². The standard InChI is InChI=1S/C8H5Cl3.3C4H6O2.C4H10O/c9-7(8(10)11)6-4-2-1-3-5-6;3*1-3(2)4(5)6;1-2-3-4-5/h1-5H;3*1H2,2H3,(H,5,6);5H,2-4H2,1H3. The highest BCUT2D eigenvalue weighted by atomic mass is 35.5. The van der Waals surface area contributed by atoms with E-state index in [4.69, 9.17) is 55.2 Å². The molecule has 0 aliphatic carbocycles. The molecule has 0 saturated carbocycles. The van der Waals surface area contributed by atoms with Crippen LogP contribution in [0.3, 0.4) is 0 Å². The molecule has 192 valence electrons. The van der Waals surface area contributed by atoms with Crippen molar-refractivity contribution in [3.05, 3.63) is 76.8 Å². The number of rotatable bonds is 6. The number of carboxylic acids is 3. The van der Waals surface area contributed by atoms with Gasteiger partial charge in [-0.2, -0.15) is 0 Å². The Morgan fingerprint density at radius 1 is 0.765 bits per heavy atom. The number of aliphatic carboxylic acids is 3. The Bertz CT molecular complexity index is 718. The molecule has 0 atom stereocenters. The molecule has 0 amide bonds. The molecule has 7 nitrogen and oxygen atoms in total. The number of aliphatic hydroxyl groups excluding tert-OH is 1. The minimum atomic E-state index is -0.935. The molecule has 0 aromatic heterocycles. The fraction of sp³-hybridized carbons (Fsp3) is 0.292. The average molecular weight is 540 g/mol. The van der Waals surface area contributed by atoms with Gasteiger partial charge in [0.05, 0.1) is 5.03 Å². The van der Waals surface area contributed by atoms with Crippen LogP contribution < -0.4 is 0 Å². The topological polar surface area (TPSA) is 132 Å². The van der Waals surface area contributed by atoms with E-state index in [9.17, 15) is 14.4 Å². The maximum atomic E-state index is 9.60. The monoisotopic (exact) mass is 538 g/mol. The quantitative estimate of drug-likeness (QED) is 0.294. The summed E-state index contributed by atoms with van der Waals surface area (Å²) >= 11 is 16.7. The van der Waals surface area contributed by atoms with Crippen LogP contribution in [0.25, 0.3) is 5.03 Å². The summed E-state index contributed by atoms with van der Waals surface area (Å²) in [5, 5.41) is 32.1. The number of carboxylic acid groups (broad SMARTS) is 3. The lowest BCUT2D eigenvalue weighted by molar-refractivity contribution is -0.133. The van der Waals surface area contributed by atoms with Crippen LogP contribution >= 0.6 is 34.8 Å². The van der Waals surface area contributed by atoms with E-state index < -0.39 is 17.9 Å². The van der Waals surface area contributed by atoms with Gasteiger partial charge in [0.1, 0.15) is 4.49 Å². The Labute approximate surface area is 216 Å². The maximum absolute atomic E-state index is 9.60. The van der Waals surface area contributed by atoms with Gasteiger partial charge in [-0.05, 0) is 32.8 Å². The average Bonchev–Trinajstić information content (AvgIpc) is 2.75. The number of benzene rings is 1. The number of unbranched alkanes of at least 4 members (excludes halogenated alkanes) is 1. The smallest absolute Gasteiger partial charge is 0.330 e. The van der Waals surface area contributed by atoms with E-state index in [2.05, 4.69) is 26.7 Å². The highest BCUT2D eigenvalue weighted by Gasteiger charge is 2.00. The molecule has 0 aliphatic rings. The summed E-state index contributed by atoms with van der Waals surface area (Å²) in [6, 6.07) is 9.32. The molecule has 1 aromatic rings. The van der Waals surface area contributed by atoms with Gasteiger partial charge < -0.3 is 20.4 Å². The van der Waals surface area contributed by atoms with Crippen LogP contribution in [-0.2, 0) is 14.4 Å². The summed E-state index contributed by atoms with van der Waals surface area (Å²) in [4.78, 5) is 28.8. The van der Waals surface area contributed by atoms with Gasteiger partial charge in [-0.15, -0.1) is 0 Å². The first-order chi connectivity index (χ1) is 15.6. The van der Waals surface area contributed by atoms with E-state index in [0.29, 0.717) is 11.6 Å². The molecule has 0 saturated heterocycles. The number of hydrogen-bond acceptors (Lipinski definition) is 4. The highest BCUT2D eigenvalue weighted by molar-refractivity contribution is 6.66. The van der Waals surface area contributed by atoms with Gasteiger partial charge in [-0.25, -0.2) is 14.4 Å². The fourth-order valence-electron chi connectivity index (χ4n) is 0.852. The lowest BCUT2D eigenvalue weighted by Crippen LogP contribution is -1.92. The van der Waals surface area contributed by atoms with Gasteiger partial charge in [0.2, 0.25) is 0 Å². The Balaban J connectivity index is -0.000000173. The summed E-state index contributed by atoms with van der Waals surface area (Å²) in [6.45, 7) is 16.2. The van der Waals surface area contributed by atoms with Crippen molar-refractivity contribution < 1.29 is 34.8 Å². The van der Waals surface area contributed by atoms with Gasteiger partial charge in [0.15, 0.2) is 0 Å². The zero-order chi connectivity index (χ0) is 27.9. The number of carbonyl (C=O) groups is 3. The zero-order valence-corrected chi connectivity index (χ0v) is 22.0. The third-order valence-electron chi connectivity index (χ3n) is 2.80. The summed E-state index contributed by atoms with van der Waals surface area (Å²) < 4.78 is 0.0952. The van der Waals surface area contributed by atoms with Crippen molar-refractivity contribution >= 4 is 57.7 Å². The molecule has 10 heteroatoms. The number of aliphatic hydroxyl groups is 1. The molecule has 1 rings (SSSR count). The van der Waals surface area contributed by atoms with Crippen LogP contribution in [-0.4, -0.2) is 44.9 Å². The molecule has 0 heterocycles.